The average molecular weight is 569 g/mol. The summed E-state index contributed by atoms with van der Waals surface area (Å²) in [5.74, 6) is -1.89. The Morgan fingerprint density at radius 3 is 2.39 bits per heavy atom. The summed E-state index contributed by atoms with van der Waals surface area (Å²) in [6.45, 7) is -0.435. The summed E-state index contributed by atoms with van der Waals surface area (Å²) in [7, 11) is 1.54. The molecule has 206 valence electrons. The predicted octanol–water partition coefficient (Wildman–Crippen LogP) is 4.68. The normalized spacial score (nSPS) is 13.0. The molecule has 0 saturated carbocycles. The molecule has 2 heterocycles. The topological polar surface area (TPSA) is 109 Å². The van der Waals surface area contributed by atoms with Gasteiger partial charge >= 0.3 is 0 Å². The summed E-state index contributed by atoms with van der Waals surface area (Å²) in [6, 6.07) is 22.3. The van der Waals surface area contributed by atoms with Crippen molar-refractivity contribution in [2.24, 2.45) is 0 Å². The van der Waals surface area contributed by atoms with Crippen LogP contribution in [0.1, 0.15) is 27.5 Å². The first-order valence-electron chi connectivity index (χ1n) is 12.7. The molecule has 0 spiro atoms. The Hall–Kier alpha value is -5.02. The van der Waals surface area contributed by atoms with Crippen LogP contribution in [0.15, 0.2) is 97.3 Å². The highest BCUT2D eigenvalue weighted by molar-refractivity contribution is 6.52. The number of hydrogen-bond donors (Lipinski definition) is 1. The third kappa shape index (κ3) is 5.95. The molecule has 1 N–H and O–H groups in total. The fourth-order valence-electron chi connectivity index (χ4n) is 4.65. The summed E-state index contributed by atoms with van der Waals surface area (Å²) in [6.07, 6.45) is 3.20. The Morgan fingerprint density at radius 2 is 1.71 bits per heavy atom. The summed E-state index contributed by atoms with van der Waals surface area (Å²) in [4.78, 5) is 60.1. The molecule has 0 radical (unpaired) electrons. The van der Waals surface area contributed by atoms with E-state index in [1.807, 2.05) is 0 Å². The fraction of sp³-hybridized carbons (Fsp3) is 0.129. The van der Waals surface area contributed by atoms with E-state index in [-0.39, 0.29) is 12.1 Å². The molecule has 0 bridgehead atoms. The fourth-order valence-corrected chi connectivity index (χ4v) is 4.77. The zero-order valence-corrected chi connectivity index (χ0v) is 22.7. The second kappa shape index (κ2) is 12.0. The van der Waals surface area contributed by atoms with E-state index < -0.39 is 36.1 Å². The average Bonchev–Trinajstić information content (AvgIpc) is 3.23. The van der Waals surface area contributed by atoms with Crippen LogP contribution in [0.4, 0.5) is 11.4 Å². The summed E-state index contributed by atoms with van der Waals surface area (Å²) in [5.41, 5.74) is 2.25. The third-order valence-electron chi connectivity index (χ3n) is 6.67. The molecule has 3 amide bonds. The molecule has 9 nitrogen and oxygen atoms in total. The van der Waals surface area contributed by atoms with E-state index in [2.05, 4.69) is 10.3 Å². The number of carbonyl (C=O) groups is 4. The van der Waals surface area contributed by atoms with Crippen molar-refractivity contribution in [3.05, 3.63) is 119 Å². The molecule has 0 saturated heterocycles. The van der Waals surface area contributed by atoms with Gasteiger partial charge in [-0.15, -0.1) is 0 Å². The molecule has 5 rings (SSSR count). The van der Waals surface area contributed by atoms with E-state index in [1.54, 1.807) is 104 Å². The van der Waals surface area contributed by atoms with Crippen molar-refractivity contribution < 1.29 is 23.9 Å². The number of para-hydroxylation sites is 1. The van der Waals surface area contributed by atoms with Crippen LogP contribution in [0.5, 0.6) is 5.75 Å². The van der Waals surface area contributed by atoms with Crippen molar-refractivity contribution in [2.45, 2.75) is 12.6 Å². The lowest BCUT2D eigenvalue weighted by molar-refractivity contribution is -0.139. The number of rotatable bonds is 9. The van der Waals surface area contributed by atoms with Gasteiger partial charge in [-0.2, -0.15) is 0 Å². The molecule has 1 aromatic heterocycles. The van der Waals surface area contributed by atoms with Gasteiger partial charge in [0, 0.05) is 29.6 Å². The van der Waals surface area contributed by atoms with Gasteiger partial charge in [-0.1, -0.05) is 41.9 Å². The molecule has 1 aliphatic rings. The number of nitrogens with zero attached hydrogens (tertiary/aromatic N) is 3. The van der Waals surface area contributed by atoms with Crippen LogP contribution in [-0.4, -0.2) is 47.0 Å². The standard InChI is InChI=1S/C31H25ClN4O5/c1-41-24-14-12-23(13-15-24)34-30(39)28(21-8-10-22(32)11-9-21)36(18-20-5-4-16-33-17-20)27(37)19-35-26-7-3-2-6-25(26)29(38)31(35)40/h2-17,28H,18-19H2,1H3,(H,34,39)/t28-/m0/s1. The van der Waals surface area contributed by atoms with Gasteiger partial charge in [0.05, 0.1) is 18.4 Å². The number of amides is 3. The van der Waals surface area contributed by atoms with Gasteiger partial charge in [0.25, 0.3) is 17.6 Å². The maximum atomic E-state index is 14.1. The number of anilines is 2. The zero-order valence-electron chi connectivity index (χ0n) is 22.0. The molecule has 3 aromatic carbocycles. The number of nitrogens with one attached hydrogen (secondary N) is 1. The van der Waals surface area contributed by atoms with Gasteiger partial charge in [0.15, 0.2) is 0 Å². The van der Waals surface area contributed by atoms with Gasteiger partial charge in [0.2, 0.25) is 5.91 Å². The smallest absolute Gasteiger partial charge is 0.299 e. The monoisotopic (exact) mass is 568 g/mol. The van der Waals surface area contributed by atoms with E-state index in [9.17, 15) is 19.2 Å². The lowest BCUT2D eigenvalue weighted by atomic mass is 10.0. The third-order valence-corrected chi connectivity index (χ3v) is 6.92. The number of fused-ring (bicyclic) bond motifs is 1. The predicted molar refractivity (Wildman–Crippen MR) is 154 cm³/mol. The molecule has 10 heteroatoms. The quantitative estimate of drug-likeness (QED) is 0.294. The van der Waals surface area contributed by atoms with Crippen LogP contribution in [0, 0.1) is 0 Å². The van der Waals surface area contributed by atoms with Gasteiger partial charge in [-0.25, -0.2) is 0 Å². The van der Waals surface area contributed by atoms with Gasteiger partial charge < -0.3 is 15.0 Å². The minimum Gasteiger partial charge on any atom is -0.497 e. The zero-order chi connectivity index (χ0) is 28.9. The van der Waals surface area contributed by atoms with Crippen LogP contribution >= 0.6 is 11.6 Å². The van der Waals surface area contributed by atoms with E-state index in [0.29, 0.717) is 33.3 Å². The SMILES string of the molecule is COc1ccc(NC(=O)[C@H](c2ccc(Cl)cc2)N(Cc2cccnc2)C(=O)CN2C(=O)C(=O)c3ccccc32)cc1. The summed E-state index contributed by atoms with van der Waals surface area (Å²) >= 11 is 6.14. The van der Waals surface area contributed by atoms with E-state index in [4.69, 9.17) is 16.3 Å². The number of ketones is 1. The van der Waals surface area contributed by atoms with Gasteiger partial charge in [0.1, 0.15) is 18.3 Å². The van der Waals surface area contributed by atoms with Gasteiger partial charge in [-0.3, -0.25) is 29.1 Å². The number of methoxy groups -OCH3 is 1. The highest BCUT2D eigenvalue weighted by Crippen LogP contribution is 2.31. The first-order chi connectivity index (χ1) is 19.9. The van der Waals surface area contributed by atoms with Crippen molar-refractivity contribution in [1.82, 2.24) is 9.88 Å². The van der Waals surface area contributed by atoms with Crippen molar-refractivity contribution in [3.63, 3.8) is 0 Å². The molecule has 1 atom stereocenters. The second-order valence-electron chi connectivity index (χ2n) is 9.29. The Balaban J connectivity index is 1.53. The molecule has 41 heavy (non-hydrogen) atoms. The maximum absolute atomic E-state index is 14.1. The lowest BCUT2D eigenvalue weighted by Crippen LogP contribution is -2.46. The summed E-state index contributed by atoms with van der Waals surface area (Å²) < 4.78 is 5.20. The van der Waals surface area contributed by atoms with Crippen LogP contribution in [0.2, 0.25) is 5.02 Å². The highest BCUT2D eigenvalue weighted by Gasteiger charge is 2.39. The first-order valence-corrected chi connectivity index (χ1v) is 13.1. The number of carbonyl (C=O) groups excluding carboxylic acids is 4. The molecule has 4 aromatic rings. The Morgan fingerprint density at radius 1 is 0.976 bits per heavy atom. The highest BCUT2D eigenvalue weighted by atomic mass is 35.5. The largest absolute Gasteiger partial charge is 0.497 e. The number of benzene rings is 3. The number of Topliss-reactive ketones (excluding diaryl/α,β-unsaturated/α-hetero) is 1. The Kier molecular flexibility index (Phi) is 8.07. The number of halogens is 1. The Bertz CT molecular complexity index is 1590. The first kappa shape index (κ1) is 27.5. The lowest BCUT2D eigenvalue weighted by Gasteiger charge is -2.33. The van der Waals surface area contributed by atoms with Crippen molar-refractivity contribution in [3.8, 4) is 5.75 Å². The second-order valence-corrected chi connectivity index (χ2v) is 9.73. The Labute approximate surface area is 241 Å². The maximum Gasteiger partial charge on any atom is 0.299 e. The molecule has 1 aliphatic heterocycles. The van der Waals surface area contributed by atoms with Crippen LogP contribution in [-0.2, 0) is 20.9 Å². The minimum atomic E-state index is -1.12. The van der Waals surface area contributed by atoms with E-state index in [1.165, 1.54) is 4.90 Å². The minimum absolute atomic E-state index is 0.00756. The molecule has 0 fully saturated rings. The van der Waals surface area contributed by atoms with Crippen molar-refractivity contribution in [2.75, 3.05) is 23.9 Å². The van der Waals surface area contributed by atoms with Gasteiger partial charge in [-0.05, 0) is 65.7 Å². The van der Waals surface area contributed by atoms with Crippen LogP contribution in [0.3, 0.4) is 0 Å². The number of ether oxygens (including phenoxy) is 1. The van der Waals surface area contributed by atoms with Crippen LogP contribution in [0.25, 0.3) is 0 Å². The molecule has 0 aliphatic carbocycles. The van der Waals surface area contributed by atoms with E-state index >= 15 is 0 Å². The number of pyridine rings is 1. The van der Waals surface area contributed by atoms with Crippen molar-refractivity contribution in [1.29, 1.82) is 0 Å². The van der Waals surface area contributed by atoms with Crippen molar-refractivity contribution >= 4 is 46.5 Å². The van der Waals surface area contributed by atoms with E-state index in [0.717, 1.165) is 4.90 Å². The summed E-state index contributed by atoms with van der Waals surface area (Å²) in [5, 5.41) is 3.34. The molecular formula is C31H25ClN4O5. The molecule has 0 unspecified atom stereocenters. The molecular weight excluding hydrogens is 544 g/mol. The number of hydrogen-bond acceptors (Lipinski definition) is 6. The number of aromatic nitrogens is 1. The van der Waals surface area contributed by atoms with Crippen LogP contribution < -0.4 is 15.0 Å².